The summed E-state index contributed by atoms with van der Waals surface area (Å²) in [7, 11) is -7.95. The number of carboxylic acids is 1. The topological polar surface area (TPSA) is 83.5 Å². The van der Waals surface area contributed by atoms with Gasteiger partial charge in [-0.1, -0.05) is 18.2 Å². The van der Waals surface area contributed by atoms with Gasteiger partial charge >= 0.3 is 20.3 Å². The predicted molar refractivity (Wildman–Crippen MR) is 82.0 cm³/mol. The molecule has 0 spiro atoms. The van der Waals surface area contributed by atoms with Crippen LogP contribution >= 0.6 is 0 Å². The van der Waals surface area contributed by atoms with Gasteiger partial charge in [-0.15, -0.1) is 0 Å². The highest BCUT2D eigenvalue weighted by Gasteiger charge is 2.63. The third kappa shape index (κ3) is 2.42. The Bertz CT molecular complexity index is 941. The van der Waals surface area contributed by atoms with Crippen LogP contribution in [0.5, 0.6) is 0 Å². The van der Waals surface area contributed by atoms with Crippen LogP contribution in [0, 0.1) is 0 Å². The molecule has 1 aliphatic rings. The first kappa shape index (κ1) is 16.7. The van der Waals surface area contributed by atoms with Crippen molar-refractivity contribution in [2.75, 3.05) is 5.32 Å². The lowest BCUT2D eigenvalue weighted by Gasteiger charge is -2.22. The second-order valence-corrected chi connectivity index (χ2v) is 9.88. The van der Waals surface area contributed by atoms with E-state index in [9.17, 15) is 31.5 Å². The van der Waals surface area contributed by atoms with Crippen molar-refractivity contribution in [1.82, 2.24) is 0 Å². The van der Waals surface area contributed by atoms with E-state index in [4.69, 9.17) is 0 Å². The first-order chi connectivity index (χ1) is 11.1. The Labute approximate surface area is 136 Å². The molecule has 1 heterocycles. The first-order valence-corrected chi connectivity index (χ1v) is 9.65. The summed E-state index contributed by atoms with van der Waals surface area (Å²) in [5.41, 5.74) is -5.76. The third-order valence-electron chi connectivity index (χ3n) is 3.31. The summed E-state index contributed by atoms with van der Waals surface area (Å²) >= 11 is 0. The SMILES string of the molecule is O=C(O)c1cccc2c1Nc1ccccc1[S+]2S(=O)(=O)C(F)(F)F. The number of halogens is 3. The molecule has 0 fully saturated rings. The smallest absolute Gasteiger partial charge is 0.478 e. The van der Waals surface area contributed by atoms with Crippen LogP contribution < -0.4 is 5.32 Å². The summed E-state index contributed by atoms with van der Waals surface area (Å²) in [4.78, 5) is 11.1. The number of hydrogen-bond donors (Lipinski definition) is 2. The second kappa shape index (κ2) is 5.42. The molecule has 24 heavy (non-hydrogen) atoms. The lowest BCUT2D eigenvalue weighted by molar-refractivity contribution is -0.0411. The predicted octanol–water partition coefficient (Wildman–Crippen LogP) is 3.33. The summed E-state index contributed by atoms with van der Waals surface area (Å²) in [6.45, 7) is 0. The van der Waals surface area contributed by atoms with Crippen molar-refractivity contribution in [3.63, 3.8) is 0 Å². The Morgan fingerprint density at radius 1 is 1.04 bits per heavy atom. The average molecular weight is 376 g/mol. The molecule has 2 N–H and O–H groups in total. The zero-order chi connectivity index (χ0) is 17.7. The van der Waals surface area contributed by atoms with Crippen molar-refractivity contribution in [3.05, 3.63) is 48.0 Å². The van der Waals surface area contributed by atoms with E-state index < -0.39 is 30.3 Å². The van der Waals surface area contributed by atoms with Gasteiger partial charge in [0, 0.05) is 0 Å². The number of rotatable bonds is 2. The molecule has 10 heteroatoms. The first-order valence-electron chi connectivity index (χ1n) is 6.43. The Morgan fingerprint density at radius 3 is 2.29 bits per heavy atom. The fourth-order valence-electron chi connectivity index (χ4n) is 2.31. The normalized spacial score (nSPS) is 16.7. The zero-order valence-electron chi connectivity index (χ0n) is 11.7. The maximum Gasteiger partial charge on any atom is 0.544 e. The van der Waals surface area contributed by atoms with Gasteiger partial charge in [0.2, 0.25) is 9.79 Å². The molecule has 0 saturated carbocycles. The molecule has 2 aromatic rings. The molecule has 3 rings (SSSR count). The number of benzene rings is 2. The van der Waals surface area contributed by atoms with Gasteiger partial charge in [0.25, 0.3) is 0 Å². The number of anilines is 2. The van der Waals surface area contributed by atoms with E-state index in [1.165, 1.54) is 42.5 Å². The molecule has 0 saturated heterocycles. The van der Waals surface area contributed by atoms with Gasteiger partial charge in [-0.25, -0.2) is 4.79 Å². The summed E-state index contributed by atoms with van der Waals surface area (Å²) in [5, 5.41) is 12.0. The largest absolute Gasteiger partial charge is 0.544 e. The number of nitrogens with one attached hydrogen (secondary N) is 1. The highest BCUT2D eigenvalue weighted by molar-refractivity contribution is 8.69. The van der Waals surface area contributed by atoms with Crippen LogP contribution in [0.1, 0.15) is 10.4 Å². The number of carbonyl (C=O) groups is 1. The monoisotopic (exact) mass is 376 g/mol. The molecule has 1 aliphatic heterocycles. The summed E-state index contributed by atoms with van der Waals surface area (Å²) in [5.74, 6) is -1.37. The quantitative estimate of drug-likeness (QED) is 0.621. The van der Waals surface area contributed by atoms with Gasteiger partial charge in [-0.05, 0) is 24.3 Å². The highest BCUT2D eigenvalue weighted by Crippen LogP contribution is 2.48. The van der Waals surface area contributed by atoms with Crippen molar-refractivity contribution in [2.45, 2.75) is 15.3 Å². The van der Waals surface area contributed by atoms with Crippen molar-refractivity contribution < 1.29 is 31.5 Å². The fourth-order valence-corrected chi connectivity index (χ4v) is 7.11. The molecule has 0 radical (unpaired) electrons. The number of aromatic carboxylic acids is 1. The minimum atomic E-state index is -5.57. The van der Waals surface area contributed by atoms with E-state index in [2.05, 4.69) is 5.32 Å². The van der Waals surface area contributed by atoms with Gasteiger partial charge in [-0.2, -0.15) is 21.6 Å². The van der Waals surface area contributed by atoms with Crippen molar-refractivity contribution in [2.24, 2.45) is 0 Å². The zero-order valence-corrected chi connectivity index (χ0v) is 13.3. The van der Waals surface area contributed by atoms with Crippen LogP contribution in [-0.4, -0.2) is 25.0 Å². The average Bonchev–Trinajstić information content (AvgIpc) is 2.50. The van der Waals surface area contributed by atoms with E-state index >= 15 is 0 Å². The molecule has 0 aromatic heterocycles. The van der Waals surface area contributed by atoms with Crippen molar-refractivity contribution in [3.8, 4) is 0 Å². The van der Waals surface area contributed by atoms with Crippen molar-refractivity contribution >= 4 is 36.1 Å². The molecule has 5 nitrogen and oxygen atoms in total. The molecule has 0 bridgehead atoms. The van der Waals surface area contributed by atoms with Gasteiger partial charge in [0.05, 0.1) is 11.3 Å². The number of fused-ring (bicyclic) bond motifs is 2. The maximum atomic E-state index is 13.1. The van der Waals surface area contributed by atoms with E-state index in [1.807, 2.05) is 0 Å². The Hall–Kier alpha value is -2.20. The number of hydrogen-bond acceptors (Lipinski definition) is 4. The maximum absolute atomic E-state index is 13.1. The summed E-state index contributed by atoms with van der Waals surface area (Å²) < 4.78 is 63.7. The third-order valence-corrected chi connectivity index (χ3v) is 8.77. The second-order valence-electron chi connectivity index (χ2n) is 4.77. The molecule has 0 aliphatic carbocycles. The van der Waals surface area contributed by atoms with Gasteiger partial charge in [0.1, 0.15) is 5.69 Å². The van der Waals surface area contributed by atoms with E-state index in [0.717, 1.165) is 0 Å². The van der Waals surface area contributed by atoms with Crippen LogP contribution in [0.15, 0.2) is 52.3 Å². The Kier molecular flexibility index (Phi) is 3.76. The van der Waals surface area contributed by atoms with Crippen LogP contribution in [0.4, 0.5) is 24.5 Å². The van der Waals surface area contributed by atoms with E-state index in [1.54, 1.807) is 0 Å². The van der Waals surface area contributed by atoms with Crippen LogP contribution in [0.3, 0.4) is 0 Å². The lowest BCUT2D eigenvalue weighted by atomic mass is 10.1. The van der Waals surface area contributed by atoms with Crippen LogP contribution in [0.2, 0.25) is 0 Å². The number of carboxylic acid groups (broad SMARTS) is 1. The molecule has 126 valence electrons. The van der Waals surface area contributed by atoms with Gasteiger partial charge in [-0.3, -0.25) is 0 Å². The molecule has 1 atom stereocenters. The van der Waals surface area contributed by atoms with E-state index in [0.29, 0.717) is 0 Å². The lowest BCUT2D eigenvalue weighted by Crippen LogP contribution is -2.33. The molecule has 2 aromatic carbocycles. The molecular weight excluding hydrogens is 367 g/mol. The molecular formula is C14H9F3NO4S2+. The molecule has 1 unspecified atom stereocenters. The minimum Gasteiger partial charge on any atom is -0.478 e. The van der Waals surface area contributed by atoms with Crippen LogP contribution in [0.25, 0.3) is 0 Å². The minimum absolute atomic E-state index is 0.0511. The van der Waals surface area contributed by atoms with Gasteiger partial charge in [0.15, 0.2) is 9.93 Å². The van der Waals surface area contributed by atoms with E-state index in [-0.39, 0.29) is 26.7 Å². The number of alkyl halides is 3. The Balaban J connectivity index is 2.36. The van der Waals surface area contributed by atoms with Crippen LogP contribution in [-0.2, 0) is 18.8 Å². The highest BCUT2D eigenvalue weighted by atomic mass is 33.2. The van der Waals surface area contributed by atoms with Gasteiger partial charge < -0.3 is 10.4 Å². The fraction of sp³-hybridized carbons (Fsp3) is 0.0714. The summed E-state index contributed by atoms with van der Waals surface area (Å²) in [6.07, 6.45) is 0. The standard InChI is InChI=1S/C14H8F3NO4S2/c15-14(16,17)24(21,22)23-10-6-2-1-5-9(10)18-12-8(13(19)20)4-3-7-11(12)23/h1-7,18H/p+1. The summed E-state index contributed by atoms with van der Waals surface area (Å²) in [6, 6.07) is 9.25. The molecule has 0 amide bonds. The number of para-hydroxylation sites is 2. The Morgan fingerprint density at radius 2 is 1.67 bits per heavy atom. The van der Waals surface area contributed by atoms with Crippen molar-refractivity contribution in [1.29, 1.82) is 0 Å².